The van der Waals surface area contributed by atoms with Crippen molar-refractivity contribution in [2.75, 3.05) is 27.7 Å². The van der Waals surface area contributed by atoms with Crippen molar-refractivity contribution in [3.05, 3.63) is 35.9 Å². The van der Waals surface area contributed by atoms with Gasteiger partial charge in [0, 0.05) is 33.2 Å². The Kier molecular flexibility index (Phi) is 9.59. The molecule has 0 aliphatic carbocycles. The lowest BCUT2D eigenvalue weighted by molar-refractivity contribution is 0.249. The largest absolute Gasteiger partial charge is 0.359 e. The van der Waals surface area contributed by atoms with Crippen LogP contribution in [0, 0.1) is 0 Å². The highest BCUT2D eigenvalue weighted by Gasteiger charge is 2.09. The summed E-state index contributed by atoms with van der Waals surface area (Å²) in [5.74, 6) is 0.829. The molecule has 0 amide bonds. The molecule has 1 aromatic carbocycles. The molecule has 0 heterocycles. The third-order valence-corrected chi connectivity index (χ3v) is 3.05. The van der Waals surface area contributed by atoms with E-state index in [1.165, 1.54) is 5.56 Å². The van der Waals surface area contributed by atoms with Crippen molar-refractivity contribution in [2.24, 2.45) is 4.99 Å². The van der Waals surface area contributed by atoms with Gasteiger partial charge in [-0.2, -0.15) is 0 Å². The summed E-state index contributed by atoms with van der Waals surface area (Å²) < 4.78 is 0. The van der Waals surface area contributed by atoms with E-state index in [9.17, 15) is 0 Å². The molecule has 0 aliphatic rings. The molecule has 0 bridgehead atoms. The first kappa shape index (κ1) is 18.2. The lowest BCUT2D eigenvalue weighted by atomic mass is 10.2. The third kappa shape index (κ3) is 6.77. The number of nitrogens with zero attached hydrogens (tertiary/aromatic N) is 2. The van der Waals surface area contributed by atoms with E-state index in [2.05, 4.69) is 58.8 Å². The molecular weight excluding hydrogens is 351 g/mol. The molecule has 4 nitrogen and oxygen atoms in total. The number of halogens is 1. The minimum absolute atomic E-state index is 0. The van der Waals surface area contributed by atoms with E-state index in [1.54, 1.807) is 7.05 Å². The van der Waals surface area contributed by atoms with E-state index in [0.29, 0.717) is 6.04 Å². The molecule has 0 saturated carbocycles. The van der Waals surface area contributed by atoms with Crippen molar-refractivity contribution >= 4 is 29.9 Å². The van der Waals surface area contributed by atoms with Crippen molar-refractivity contribution in [2.45, 2.75) is 19.5 Å². The van der Waals surface area contributed by atoms with Gasteiger partial charge in [0.25, 0.3) is 0 Å². The fourth-order valence-corrected chi connectivity index (χ4v) is 1.71. The summed E-state index contributed by atoms with van der Waals surface area (Å²) in [6, 6.07) is 11.0. The van der Waals surface area contributed by atoms with E-state index >= 15 is 0 Å². The van der Waals surface area contributed by atoms with Gasteiger partial charge in [0.2, 0.25) is 0 Å². The Labute approximate surface area is 133 Å². The van der Waals surface area contributed by atoms with Crippen molar-refractivity contribution < 1.29 is 0 Å². The monoisotopic (exact) mass is 376 g/mol. The van der Waals surface area contributed by atoms with Crippen LogP contribution in [0.2, 0.25) is 0 Å². The van der Waals surface area contributed by atoms with Crippen molar-refractivity contribution in [1.29, 1.82) is 0 Å². The Morgan fingerprint density at radius 1 is 1.32 bits per heavy atom. The number of hydrogen-bond donors (Lipinski definition) is 2. The van der Waals surface area contributed by atoms with E-state index in [0.717, 1.165) is 19.0 Å². The van der Waals surface area contributed by atoms with Gasteiger partial charge in [0.1, 0.15) is 0 Å². The zero-order valence-corrected chi connectivity index (χ0v) is 14.5. The van der Waals surface area contributed by atoms with Crippen LogP contribution >= 0.6 is 24.0 Å². The van der Waals surface area contributed by atoms with Crippen LogP contribution in [0.5, 0.6) is 0 Å². The molecule has 0 radical (unpaired) electrons. The van der Waals surface area contributed by atoms with E-state index in [-0.39, 0.29) is 24.0 Å². The van der Waals surface area contributed by atoms with Crippen LogP contribution in [-0.4, -0.2) is 44.6 Å². The smallest absolute Gasteiger partial charge is 0.190 e. The van der Waals surface area contributed by atoms with Crippen molar-refractivity contribution in [3.8, 4) is 0 Å². The summed E-state index contributed by atoms with van der Waals surface area (Å²) in [7, 11) is 5.78. The van der Waals surface area contributed by atoms with Gasteiger partial charge in [0.05, 0.1) is 0 Å². The predicted octanol–water partition coefficient (Wildman–Crippen LogP) is 1.92. The molecule has 1 unspecified atom stereocenters. The van der Waals surface area contributed by atoms with Crippen LogP contribution in [0.4, 0.5) is 0 Å². The molecule has 0 spiro atoms. The number of hydrogen-bond acceptors (Lipinski definition) is 2. The molecule has 0 aromatic heterocycles. The van der Waals surface area contributed by atoms with Crippen molar-refractivity contribution in [3.63, 3.8) is 0 Å². The number of likely N-dealkylation sites (N-methyl/N-ethyl adjacent to an activating group) is 1. The second-order valence-corrected chi connectivity index (χ2v) is 4.45. The highest BCUT2D eigenvalue weighted by atomic mass is 127. The Hall–Kier alpha value is -0.820. The number of guanidine groups is 1. The minimum Gasteiger partial charge on any atom is -0.359 e. The molecular formula is C14H25IN4. The van der Waals surface area contributed by atoms with E-state index < -0.39 is 0 Å². The highest BCUT2D eigenvalue weighted by molar-refractivity contribution is 14.0. The molecule has 1 rings (SSSR count). The molecule has 1 atom stereocenters. The first-order chi connectivity index (χ1) is 8.67. The molecule has 0 saturated heterocycles. The maximum absolute atomic E-state index is 4.10. The molecule has 1 aromatic rings. The number of benzene rings is 1. The van der Waals surface area contributed by atoms with Gasteiger partial charge in [-0.15, -0.1) is 24.0 Å². The molecule has 108 valence electrons. The van der Waals surface area contributed by atoms with Gasteiger partial charge in [0.15, 0.2) is 5.96 Å². The number of rotatable bonds is 5. The van der Waals surface area contributed by atoms with Crippen LogP contribution in [0.3, 0.4) is 0 Å². The number of nitrogens with one attached hydrogen (secondary N) is 2. The summed E-state index contributed by atoms with van der Waals surface area (Å²) in [6.07, 6.45) is 0. The third-order valence-electron chi connectivity index (χ3n) is 3.05. The second-order valence-electron chi connectivity index (χ2n) is 4.45. The first-order valence-corrected chi connectivity index (χ1v) is 6.30. The van der Waals surface area contributed by atoms with Crippen LogP contribution in [0.1, 0.15) is 12.5 Å². The highest BCUT2D eigenvalue weighted by Crippen LogP contribution is 2.05. The normalized spacial score (nSPS) is 12.8. The van der Waals surface area contributed by atoms with Crippen LogP contribution in [0.15, 0.2) is 35.3 Å². The van der Waals surface area contributed by atoms with E-state index in [4.69, 9.17) is 0 Å². The predicted molar refractivity (Wildman–Crippen MR) is 93.2 cm³/mol. The minimum atomic E-state index is 0. The van der Waals surface area contributed by atoms with Gasteiger partial charge in [-0.1, -0.05) is 30.3 Å². The van der Waals surface area contributed by atoms with Crippen LogP contribution in [-0.2, 0) is 6.54 Å². The van der Waals surface area contributed by atoms with E-state index in [1.807, 2.05) is 13.1 Å². The quantitative estimate of drug-likeness (QED) is 0.469. The Balaban J connectivity index is 0.00000324. The van der Waals surface area contributed by atoms with Crippen LogP contribution in [0.25, 0.3) is 0 Å². The SMILES string of the molecule is CN=C(NC)NCC(C)N(C)Cc1ccccc1.I. The lowest BCUT2D eigenvalue weighted by Gasteiger charge is -2.25. The van der Waals surface area contributed by atoms with Gasteiger partial charge < -0.3 is 10.6 Å². The summed E-state index contributed by atoms with van der Waals surface area (Å²) in [5.41, 5.74) is 1.34. The maximum Gasteiger partial charge on any atom is 0.190 e. The first-order valence-electron chi connectivity index (χ1n) is 6.30. The zero-order valence-electron chi connectivity index (χ0n) is 12.2. The zero-order chi connectivity index (χ0) is 13.4. The van der Waals surface area contributed by atoms with Gasteiger partial charge >= 0.3 is 0 Å². The summed E-state index contributed by atoms with van der Waals surface area (Å²) >= 11 is 0. The Morgan fingerprint density at radius 2 is 1.95 bits per heavy atom. The fourth-order valence-electron chi connectivity index (χ4n) is 1.71. The Bertz CT molecular complexity index is 367. The van der Waals surface area contributed by atoms with Gasteiger partial charge in [-0.3, -0.25) is 9.89 Å². The molecule has 0 aliphatic heterocycles. The Morgan fingerprint density at radius 3 is 2.47 bits per heavy atom. The summed E-state index contributed by atoms with van der Waals surface area (Å²) in [5, 5.41) is 6.30. The van der Waals surface area contributed by atoms with Crippen molar-refractivity contribution in [1.82, 2.24) is 15.5 Å². The standard InChI is InChI=1S/C14H24N4.HI/c1-12(10-17-14(15-2)16-3)18(4)11-13-8-6-5-7-9-13;/h5-9,12H,10-11H2,1-4H3,(H2,15,16,17);1H. The maximum atomic E-state index is 4.10. The van der Waals surface area contributed by atoms with Gasteiger partial charge in [-0.05, 0) is 19.5 Å². The average Bonchev–Trinajstić information content (AvgIpc) is 2.40. The fraction of sp³-hybridized carbons (Fsp3) is 0.500. The molecule has 19 heavy (non-hydrogen) atoms. The van der Waals surface area contributed by atoms with Crippen LogP contribution < -0.4 is 10.6 Å². The number of aliphatic imine (C=N–C) groups is 1. The molecule has 2 N–H and O–H groups in total. The average molecular weight is 376 g/mol. The molecule has 0 fully saturated rings. The summed E-state index contributed by atoms with van der Waals surface area (Å²) in [6.45, 7) is 4.04. The second kappa shape index (κ2) is 10.0. The lowest BCUT2D eigenvalue weighted by Crippen LogP contribution is -2.43. The molecule has 5 heteroatoms. The summed E-state index contributed by atoms with van der Waals surface area (Å²) in [4.78, 5) is 6.42. The van der Waals surface area contributed by atoms with Gasteiger partial charge in [-0.25, -0.2) is 0 Å². The topological polar surface area (TPSA) is 39.7 Å².